The largest absolute Gasteiger partial charge is 0.403 e. The van der Waals surface area contributed by atoms with Crippen LogP contribution in [0.3, 0.4) is 0 Å². The predicted molar refractivity (Wildman–Crippen MR) is 120 cm³/mol. The Morgan fingerprint density at radius 2 is 1.97 bits per heavy atom. The Morgan fingerprint density at radius 1 is 1.24 bits per heavy atom. The monoisotopic (exact) mass is 478 g/mol. The van der Waals surface area contributed by atoms with Gasteiger partial charge in [-0.15, -0.1) is 0 Å². The van der Waals surface area contributed by atoms with Crippen molar-refractivity contribution in [2.45, 2.75) is 44.3 Å². The van der Waals surface area contributed by atoms with Crippen molar-refractivity contribution in [1.29, 1.82) is 0 Å². The summed E-state index contributed by atoms with van der Waals surface area (Å²) in [5.74, 6) is -0.0774. The van der Waals surface area contributed by atoms with Crippen LogP contribution in [0.2, 0.25) is 0 Å². The van der Waals surface area contributed by atoms with Crippen molar-refractivity contribution in [1.82, 2.24) is 25.1 Å². The minimum absolute atomic E-state index is 0.0800. The minimum atomic E-state index is -4.26. The highest BCUT2D eigenvalue weighted by Crippen LogP contribution is 2.28. The summed E-state index contributed by atoms with van der Waals surface area (Å²) in [4.78, 5) is 24.0. The van der Waals surface area contributed by atoms with Gasteiger partial charge in [0, 0.05) is 45.3 Å². The molecule has 3 N–H and O–H groups in total. The number of rotatable bonds is 8. The van der Waals surface area contributed by atoms with Crippen LogP contribution in [0.15, 0.2) is 36.7 Å². The van der Waals surface area contributed by atoms with E-state index in [1.54, 1.807) is 0 Å². The molecule has 0 spiro atoms. The molecule has 0 bridgehead atoms. The molecule has 1 aromatic heterocycles. The van der Waals surface area contributed by atoms with Gasteiger partial charge in [0.05, 0.1) is 12.1 Å². The summed E-state index contributed by atoms with van der Waals surface area (Å²) in [6.07, 6.45) is -2.83. The van der Waals surface area contributed by atoms with Gasteiger partial charge >= 0.3 is 6.18 Å². The van der Waals surface area contributed by atoms with Crippen LogP contribution < -0.4 is 10.6 Å². The van der Waals surface area contributed by atoms with Gasteiger partial charge in [0.15, 0.2) is 0 Å². The van der Waals surface area contributed by atoms with Crippen LogP contribution in [0, 0.1) is 0 Å². The van der Waals surface area contributed by atoms with Gasteiger partial charge in [-0.05, 0) is 24.5 Å². The molecule has 4 rings (SSSR count). The summed E-state index contributed by atoms with van der Waals surface area (Å²) < 4.78 is 38.4. The lowest BCUT2D eigenvalue weighted by atomic mass is 10.00. The second-order valence-electron chi connectivity index (χ2n) is 8.92. The maximum Gasteiger partial charge on any atom is 0.403 e. The number of anilines is 1. The summed E-state index contributed by atoms with van der Waals surface area (Å²) in [5.41, 5.74) is 2.71. The smallest absolute Gasteiger partial charge is 0.390 e. The molecule has 8 nitrogen and oxygen atoms in total. The number of amides is 1. The molecule has 2 unspecified atom stereocenters. The first-order valence-corrected chi connectivity index (χ1v) is 11.3. The number of alkyl halides is 3. The Hall–Kier alpha value is -2.76. The quantitative estimate of drug-likeness (QED) is 0.532. The standard InChI is InChI=1S/C23H29F3N6O2/c1-15(23(24,25)26)32-11-18(12-32)30-21-8-20(28-14-29-21)22(34)27-9-19(33)13-31-7-6-16-4-2-3-5-17(16)10-31/h2-5,8,14-15,18-19,33H,6-7,9-13H2,1H3,(H,27,34)(H,28,29,30). The van der Waals surface area contributed by atoms with Crippen molar-refractivity contribution >= 4 is 11.7 Å². The van der Waals surface area contributed by atoms with Crippen LogP contribution in [-0.4, -0.2) is 87.9 Å². The van der Waals surface area contributed by atoms with Crippen LogP contribution in [-0.2, 0) is 13.0 Å². The number of benzene rings is 1. The van der Waals surface area contributed by atoms with E-state index in [2.05, 4.69) is 37.6 Å². The molecule has 184 valence electrons. The van der Waals surface area contributed by atoms with Crippen LogP contribution in [0.5, 0.6) is 0 Å². The Labute approximate surface area is 196 Å². The number of carbonyl (C=O) groups excluding carboxylic acids is 1. The first kappa shape index (κ1) is 24.4. The predicted octanol–water partition coefficient (Wildman–Crippen LogP) is 1.67. The lowest BCUT2D eigenvalue weighted by Gasteiger charge is -2.43. The average Bonchev–Trinajstić information content (AvgIpc) is 2.78. The Balaban J connectivity index is 1.21. The molecule has 2 aromatic rings. The molecule has 2 aliphatic rings. The van der Waals surface area contributed by atoms with Crippen LogP contribution >= 0.6 is 0 Å². The van der Waals surface area contributed by atoms with E-state index in [0.29, 0.717) is 12.4 Å². The summed E-state index contributed by atoms with van der Waals surface area (Å²) >= 11 is 0. The number of fused-ring (bicyclic) bond motifs is 1. The highest BCUT2D eigenvalue weighted by molar-refractivity contribution is 5.92. The molecular weight excluding hydrogens is 449 g/mol. The van der Waals surface area contributed by atoms with Crippen LogP contribution in [0.4, 0.5) is 19.0 Å². The fourth-order valence-corrected chi connectivity index (χ4v) is 4.27. The number of nitrogens with one attached hydrogen (secondary N) is 2. The minimum Gasteiger partial charge on any atom is -0.390 e. The van der Waals surface area contributed by atoms with Gasteiger partial charge in [0.1, 0.15) is 23.9 Å². The van der Waals surface area contributed by atoms with E-state index >= 15 is 0 Å². The fraction of sp³-hybridized carbons (Fsp3) is 0.522. The number of aromatic nitrogens is 2. The first-order valence-electron chi connectivity index (χ1n) is 11.3. The van der Waals surface area contributed by atoms with Gasteiger partial charge in [-0.2, -0.15) is 13.2 Å². The maximum atomic E-state index is 12.8. The molecule has 2 atom stereocenters. The number of nitrogens with zero attached hydrogens (tertiary/aromatic N) is 4. The third-order valence-corrected chi connectivity index (χ3v) is 6.36. The van der Waals surface area contributed by atoms with E-state index < -0.39 is 24.2 Å². The molecule has 0 aliphatic carbocycles. The van der Waals surface area contributed by atoms with E-state index in [0.717, 1.165) is 26.4 Å². The molecule has 34 heavy (non-hydrogen) atoms. The molecule has 2 aliphatic heterocycles. The molecule has 0 radical (unpaired) electrons. The van der Waals surface area contributed by atoms with Crippen molar-refractivity contribution in [2.75, 3.05) is 38.0 Å². The zero-order valence-electron chi connectivity index (χ0n) is 18.9. The molecular formula is C23H29F3N6O2. The molecule has 1 fully saturated rings. The number of likely N-dealkylation sites (tertiary alicyclic amines) is 1. The summed E-state index contributed by atoms with van der Waals surface area (Å²) in [5, 5.41) is 16.1. The van der Waals surface area contributed by atoms with Gasteiger partial charge in [-0.3, -0.25) is 14.6 Å². The summed E-state index contributed by atoms with van der Waals surface area (Å²) in [6, 6.07) is 8.03. The molecule has 1 saturated heterocycles. The van der Waals surface area contributed by atoms with Gasteiger partial charge in [0.25, 0.3) is 5.91 Å². The second kappa shape index (κ2) is 10.2. The van der Waals surface area contributed by atoms with Crippen molar-refractivity contribution in [3.8, 4) is 0 Å². The van der Waals surface area contributed by atoms with E-state index in [-0.39, 0.29) is 31.4 Å². The number of β-amino-alcohol motifs (C(OH)–C–C–N with tert-alkyl or cyclic N) is 1. The fourth-order valence-electron chi connectivity index (χ4n) is 4.27. The van der Waals surface area contributed by atoms with Crippen molar-refractivity contribution in [2.24, 2.45) is 0 Å². The highest BCUT2D eigenvalue weighted by Gasteiger charge is 2.44. The number of aliphatic hydroxyl groups is 1. The van der Waals surface area contributed by atoms with E-state index in [1.807, 2.05) is 12.1 Å². The van der Waals surface area contributed by atoms with Gasteiger partial charge in [-0.1, -0.05) is 24.3 Å². The number of carbonyl (C=O) groups is 1. The number of hydrogen-bond donors (Lipinski definition) is 3. The Bertz CT molecular complexity index is 999. The Kier molecular flexibility index (Phi) is 7.34. The third-order valence-electron chi connectivity index (χ3n) is 6.36. The molecule has 1 aromatic carbocycles. The van der Waals surface area contributed by atoms with Gasteiger partial charge in [-0.25, -0.2) is 9.97 Å². The number of halogens is 3. The number of hydrogen-bond acceptors (Lipinski definition) is 7. The van der Waals surface area contributed by atoms with E-state index in [4.69, 9.17) is 0 Å². The molecule has 3 heterocycles. The van der Waals surface area contributed by atoms with Crippen molar-refractivity contribution in [3.05, 3.63) is 53.5 Å². The lowest BCUT2D eigenvalue weighted by Crippen LogP contribution is -2.61. The number of aliphatic hydroxyl groups excluding tert-OH is 1. The third kappa shape index (κ3) is 6.02. The summed E-state index contributed by atoms with van der Waals surface area (Å²) in [7, 11) is 0. The van der Waals surface area contributed by atoms with E-state index in [1.165, 1.54) is 28.4 Å². The topological polar surface area (TPSA) is 93.6 Å². The maximum absolute atomic E-state index is 12.8. The first-order chi connectivity index (χ1) is 16.2. The van der Waals surface area contributed by atoms with Crippen molar-refractivity contribution < 1.29 is 23.1 Å². The highest BCUT2D eigenvalue weighted by atomic mass is 19.4. The molecule has 0 saturated carbocycles. The summed E-state index contributed by atoms with van der Waals surface area (Å²) in [6.45, 7) is 3.75. The Morgan fingerprint density at radius 3 is 2.71 bits per heavy atom. The average molecular weight is 479 g/mol. The zero-order valence-corrected chi connectivity index (χ0v) is 18.9. The molecule has 11 heteroatoms. The van der Waals surface area contributed by atoms with E-state index in [9.17, 15) is 23.1 Å². The molecule has 1 amide bonds. The van der Waals surface area contributed by atoms with Crippen molar-refractivity contribution in [3.63, 3.8) is 0 Å². The van der Waals surface area contributed by atoms with Crippen LogP contribution in [0.1, 0.15) is 28.5 Å². The zero-order chi connectivity index (χ0) is 24.3. The van der Waals surface area contributed by atoms with Crippen LogP contribution in [0.25, 0.3) is 0 Å². The normalized spacial score (nSPS) is 19.1. The lowest BCUT2D eigenvalue weighted by molar-refractivity contribution is -0.188. The van der Waals surface area contributed by atoms with Gasteiger partial charge in [0.2, 0.25) is 0 Å². The van der Waals surface area contributed by atoms with Gasteiger partial charge < -0.3 is 15.7 Å². The SMILES string of the molecule is CC(N1CC(Nc2cc(C(=O)NCC(O)CN3CCc4ccccc4C3)ncn2)C1)C(F)(F)F. The second-order valence-corrected chi connectivity index (χ2v) is 8.92.